The molecule has 2 N–H and O–H groups in total. The standard InChI is InChI=1S/C19H18N4O2.C2HF3O2/c1-11-17(14-6-7-20-9-13(14)10-21-11)18-22-19(25-23-18)16-8-12-4-2-3-5-15(12)24-16;3-2(4,5)1(6)7/h2-5,10,16,20H,6-9H2,1H3;(H,6,7). The Hall–Kier alpha value is -3.47. The molecule has 0 aliphatic carbocycles. The summed E-state index contributed by atoms with van der Waals surface area (Å²) < 4.78 is 43.3. The molecule has 0 spiro atoms. The van der Waals surface area contributed by atoms with Crippen molar-refractivity contribution in [3.63, 3.8) is 0 Å². The second-order valence-corrected chi connectivity index (χ2v) is 7.33. The molecule has 1 aromatic carbocycles. The highest BCUT2D eigenvalue weighted by atomic mass is 19.4. The lowest BCUT2D eigenvalue weighted by molar-refractivity contribution is -0.192. The molecule has 2 aliphatic heterocycles. The third kappa shape index (κ3) is 4.42. The van der Waals surface area contributed by atoms with E-state index in [0.29, 0.717) is 11.7 Å². The van der Waals surface area contributed by atoms with Crippen molar-refractivity contribution in [2.45, 2.75) is 38.6 Å². The summed E-state index contributed by atoms with van der Waals surface area (Å²) >= 11 is 0. The van der Waals surface area contributed by atoms with Crippen molar-refractivity contribution in [2.24, 2.45) is 0 Å². The summed E-state index contributed by atoms with van der Waals surface area (Å²) in [6, 6.07) is 8.03. The van der Waals surface area contributed by atoms with E-state index in [0.717, 1.165) is 42.9 Å². The molecule has 0 bridgehead atoms. The first-order valence-electron chi connectivity index (χ1n) is 9.80. The van der Waals surface area contributed by atoms with Crippen LogP contribution in [0.5, 0.6) is 5.75 Å². The van der Waals surface area contributed by atoms with Crippen LogP contribution in [0, 0.1) is 6.92 Å². The van der Waals surface area contributed by atoms with Gasteiger partial charge >= 0.3 is 12.1 Å². The SMILES string of the molecule is Cc1ncc2c(c1-c1noc(C3Cc4ccccc4O3)n1)CCNC2.O=C(O)C(F)(F)F. The van der Waals surface area contributed by atoms with Crippen LogP contribution in [-0.4, -0.2) is 38.9 Å². The van der Waals surface area contributed by atoms with Crippen molar-refractivity contribution in [1.82, 2.24) is 20.4 Å². The summed E-state index contributed by atoms with van der Waals surface area (Å²) in [5.41, 5.74) is 5.60. The van der Waals surface area contributed by atoms with Crippen molar-refractivity contribution >= 4 is 5.97 Å². The molecule has 32 heavy (non-hydrogen) atoms. The van der Waals surface area contributed by atoms with E-state index in [1.807, 2.05) is 31.3 Å². The molecule has 168 valence electrons. The van der Waals surface area contributed by atoms with Crippen molar-refractivity contribution < 1.29 is 32.3 Å². The van der Waals surface area contributed by atoms with Gasteiger partial charge in [-0.05, 0) is 42.6 Å². The Labute approximate surface area is 180 Å². The summed E-state index contributed by atoms with van der Waals surface area (Å²) in [6.07, 6.45) is -1.65. The molecule has 11 heteroatoms. The van der Waals surface area contributed by atoms with E-state index in [-0.39, 0.29) is 6.10 Å². The highest BCUT2D eigenvalue weighted by molar-refractivity contribution is 5.73. The number of alkyl halides is 3. The zero-order valence-corrected chi connectivity index (χ0v) is 16.9. The number of benzene rings is 1. The summed E-state index contributed by atoms with van der Waals surface area (Å²) in [7, 11) is 0. The number of rotatable bonds is 2. The number of pyridine rings is 1. The fraction of sp³-hybridized carbons (Fsp3) is 0.333. The smallest absolute Gasteiger partial charge is 0.480 e. The van der Waals surface area contributed by atoms with Gasteiger partial charge in [-0.25, -0.2) is 4.79 Å². The fourth-order valence-corrected chi connectivity index (χ4v) is 3.65. The highest BCUT2D eigenvalue weighted by Gasteiger charge is 2.38. The topological polar surface area (TPSA) is 110 Å². The van der Waals surface area contributed by atoms with Crippen LogP contribution >= 0.6 is 0 Å². The van der Waals surface area contributed by atoms with E-state index in [9.17, 15) is 13.2 Å². The van der Waals surface area contributed by atoms with Gasteiger partial charge in [-0.15, -0.1) is 0 Å². The van der Waals surface area contributed by atoms with Gasteiger partial charge in [0, 0.05) is 30.4 Å². The van der Waals surface area contributed by atoms with Crippen LogP contribution in [0.2, 0.25) is 0 Å². The molecular weight excluding hydrogens is 429 g/mol. The van der Waals surface area contributed by atoms with E-state index < -0.39 is 12.1 Å². The number of hydrogen-bond donors (Lipinski definition) is 2. The molecule has 2 aromatic heterocycles. The molecule has 4 heterocycles. The van der Waals surface area contributed by atoms with E-state index in [1.165, 1.54) is 16.7 Å². The van der Waals surface area contributed by atoms with Crippen molar-refractivity contribution in [2.75, 3.05) is 6.54 Å². The van der Waals surface area contributed by atoms with Gasteiger partial charge in [0.15, 0.2) is 6.10 Å². The van der Waals surface area contributed by atoms with Crippen LogP contribution in [0.15, 0.2) is 35.0 Å². The zero-order chi connectivity index (χ0) is 22.9. The number of halogens is 3. The van der Waals surface area contributed by atoms with Gasteiger partial charge in [-0.2, -0.15) is 18.2 Å². The first-order valence-corrected chi connectivity index (χ1v) is 9.80. The van der Waals surface area contributed by atoms with Crippen LogP contribution in [0.4, 0.5) is 13.2 Å². The minimum Gasteiger partial charge on any atom is -0.480 e. The Kier molecular flexibility index (Phi) is 5.83. The molecule has 5 rings (SSSR count). The van der Waals surface area contributed by atoms with Crippen LogP contribution in [0.25, 0.3) is 11.4 Å². The number of carboxylic acid groups (broad SMARTS) is 1. The summed E-state index contributed by atoms with van der Waals surface area (Å²) in [5.74, 6) is -0.726. The average Bonchev–Trinajstić information content (AvgIpc) is 3.40. The van der Waals surface area contributed by atoms with Crippen molar-refractivity contribution in [3.05, 3.63) is 58.7 Å². The highest BCUT2D eigenvalue weighted by Crippen LogP contribution is 2.37. The van der Waals surface area contributed by atoms with Crippen molar-refractivity contribution in [3.8, 4) is 17.1 Å². The first-order chi connectivity index (χ1) is 15.2. The minimum atomic E-state index is -5.08. The predicted octanol–water partition coefficient (Wildman–Crippen LogP) is 3.40. The maximum absolute atomic E-state index is 10.6. The van der Waals surface area contributed by atoms with E-state index in [2.05, 4.69) is 26.5 Å². The Morgan fingerprint density at radius 3 is 2.72 bits per heavy atom. The van der Waals surface area contributed by atoms with Crippen LogP contribution in [-0.2, 0) is 24.2 Å². The molecule has 3 aromatic rings. The first kappa shape index (κ1) is 21.8. The lowest BCUT2D eigenvalue weighted by Crippen LogP contribution is -2.24. The number of aromatic nitrogens is 3. The third-order valence-electron chi connectivity index (χ3n) is 5.16. The quantitative estimate of drug-likeness (QED) is 0.614. The Balaban J connectivity index is 0.000000307. The van der Waals surface area contributed by atoms with Gasteiger partial charge in [-0.1, -0.05) is 23.4 Å². The number of para-hydroxylation sites is 1. The zero-order valence-electron chi connectivity index (χ0n) is 16.9. The van der Waals surface area contributed by atoms with E-state index >= 15 is 0 Å². The molecule has 0 fully saturated rings. The van der Waals surface area contributed by atoms with E-state index in [1.54, 1.807) is 0 Å². The van der Waals surface area contributed by atoms with Gasteiger partial charge in [0.25, 0.3) is 5.89 Å². The van der Waals surface area contributed by atoms with Crippen LogP contribution in [0.1, 0.15) is 34.4 Å². The number of nitrogens with one attached hydrogen (secondary N) is 1. The minimum absolute atomic E-state index is 0.215. The Bertz CT molecular complexity index is 1120. The maximum Gasteiger partial charge on any atom is 0.490 e. The second kappa shape index (κ2) is 8.58. The molecule has 1 unspecified atom stereocenters. The van der Waals surface area contributed by atoms with Gasteiger partial charge in [0.1, 0.15) is 5.75 Å². The van der Waals surface area contributed by atoms with Crippen LogP contribution < -0.4 is 10.1 Å². The molecule has 8 nitrogen and oxygen atoms in total. The number of carbonyl (C=O) groups is 1. The monoisotopic (exact) mass is 448 g/mol. The summed E-state index contributed by atoms with van der Waals surface area (Å²) in [6.45, 7) is 3.78. The van der Waals surface area contributed by atoms with Gasteiger partial charge < -0.3 is 19.7 Å². The number of carboxylic acids is 1. The lowest BCUT2D eigenvalue weighted by Gasteiger charge is -2.19. The normalized spacial score (nSPS) is 16.9. The molecule has 2 aliphatic rings. The predicted molar refractivity (Wildman–Crippen MR) is 105 cm³/mol. The maximum atomic E-state index is 10.6. The molecule has 0 saturated heterocycles. The summed E-state index contributed by atoms with van der Waals surface area (Å²) in [5, 5.41) is 14.7. The van der Waals surface area contributed by atoms with Gasteiger partial charge in [0.05, 0.1) is 0 Å². The number of aliphatic carboxylic acids is 1. The molecule has 0 saturated carbocycles. The number of hydrogen-bond acceptors (Lipinski definition) is 7. The Morgan fingerprint density at radius 1 is 1.25 bits per heavy atom. The largest absolute Gasteiger partial charge is 0.490 e. The number of nitrogens with zero attached hydrogens (tertiary/aromatic N) is 3. The fourth-order valence-electron chi connectivity index (χ4n) is 3.65. The molecule has 0 radical (unpaired) electrons. The Morgan fingerprint density at radius 2 is 2.00 bits per heavy atom. The number of fused-ring (bicyclic) bond motifs is 2. The second-order valence-electron chi connectivity index (χ2n) is 7.33. The van der Waals surface area contributed by atoms with Crippen LogP contribution in [0.3, 0.4) is 0 Å². The number of ether oxygens (including phenoxy) is 1. The van der Waals surface area contributed by atoms with Gasteiger partial charge in [-0.3, -0.25) is 4.98 Å². The van der Waals surface area contributed by atoms with Gasteiger partial charge in [0.2, 0.25) is 5.82 Å². The molecule has 1 atom stereocenters. The van der Waals surface area contributed by atoms with E-state index in [4.69, 9.17) is 19.2 Å². The number of aryl methyl sites for hydroxylation is 1. The summed E-state index contributed by atoms with van der Waals surface area (Å²) in [4.78, 5) is 18.1. The average molecular weight is 448 g/mol. The third-order valence-corrected chi connectivity index (χ3v) is 5.16. The lowest BCUT2D eigenvalue weighted by atomic mass is 9.95. The molecular formula is C21H19F3N4O4. The molecule has 0 amide bonds. The van der Waals surface area contributed by atoms with Crippen molar-refractivity contribution in [1.29, 1.82) is 0 Å².